The second kappa shape index (κ2) is 4.14. The van der Waals surface area contributed by atoms with Crippen molar-refractivity contribution >= 4 is 5.91 Å². The number of fused-ring (bicyclic) bond motifs is 1. The van der Waals surface area contributed by atoms with Gasteiger partial charge in [-0.1, -0.05) is 0 Å². The molecule has 1 aliphatic carbocycles. The topological polar surface area (TPSA) is 50.2 Å². The minimum atomic E-state index is 0.0630. The number of aryl methyl sites for hydroxylation is 1. The normalized spacial score (nSPS) is 19.6. The number of nitrogens with zero attached hydrogens (tertiary/aromatic N) is 3. The van der Waals surface area contributed by atoms with Crippen molar-refractivity contribution < 1.29 is 4.79 Å². The van der Waals surface area contributed by atoms with Crippen LogP contribution in [0.2, 0.25) is 0 Å². The quantitative estimate of drug-likeness (QED) is 0.815. The molecular formula is C12H18N4O. The Balaban J connectivity index is 1.81. The molecule has 1 aliphatic heterocycles. The van der Waals surface area contributed by atoms with E-state index in [1.807, 2.05) is 22.7 Å². The fraction of sp³-hybridized carbons (Fsp3) is 0.667. The van der Waals surface area contributed by atoms with E-state index < -0.39 is 0 Å². The van der Waals surface area contributed by atoms with Gasteiger partial charge in [0.1, 0.15) is 0 Å². The van der Waals surface area contributed by atoms with Gasteiger partial charge in [0.2, 0.25) is 0 Å². The van der Waals surface area contributed by atoms with Crippen molar-refractivity contribution in [2.45, 2.75) is 38.4 Å². The molecule has 0 aromatic carbocycles. The molecule has 1 fully saturated rings. The number of amides is 1. The third-order valence-corrected chi connectivity index (χ3v) is 3.53. The predicted octanol–water partition coefficient (Wildman–Crippen LogP) is 0.611. The van der Waals surface area contributed by atoms with E-state index in [1.54, 1.807) is 0 Å². The Morgan fingerprint density at radius 2 is 2.41 bits per heavy atom. The summed E-state index contributed by atoms with van der Waals surface area (Å²) in [5.74, 6) is 0.0630. The number of hydrogen-bond acceptors (Lipinski definition) is 3. The SMILES string of the molecule is CN(C(=O)c1cc2n(n1)CCCNC2)C1CC1. The van der Waals surface area contributed by atoms with Crippen LogP contribution in [0.4, 0.5) is 0 Å². The van der Waals surface area contributed by atoms with Gasteiger partial charge in [-0.05, 0) is 31.9 Å². The van der Waals surface area contributed by atoms with Crippen LogP contribution >= 0.6 is 0 Å². The smallest absolute Gasteiger partial charge is 0.274 e. The van der Waals surface area contributed by atoms with E-state index in [2.05, 4.69) is 10.4 Å². The zero-order valence-electron chi connectivity index (χ0n) is 10.1. The van der Waals surface area contributed by atoms with Crippen LogP contribution in [0.15, 0.2) is 6.07 Å². The number of rotatable bonds is 2. The molecule has 2 heterocycles. The van der Waals surface area contributed by atoms with Gasteiger partial charge in [0.05, 0.1) is 5.69 Å². The Labute approximate surface area is 101 Å². The highest BCUT2D eigenvalue weighted by Gasteiger charge is 2.31. The third-order valence-electron chi connectivity index (χ3n) is 3.53. The van der Waals surface area contributed by atoms with Gasteiger partial charge in [-0.25, -0.2) is 0 Å². The molecule has 5 heteroatoms. The fourth-order valence-corrected chi connectivity index (χ4v) is 2.27. The maximum Gasteiger partial charge on any atom is 0.274 e. The Hall–Kier alpha value is -1.36. The second-order valence-corrected chi connectivity index (χ2v) is 4.92. The minimum Gasteiger partial charge on any atom is -0.337 e. The lowest BCUT2D eigenvalue weighted by Gasteiger charge is -2.14. The molecule has 0 bridgehead atoms. The molecule has 5 nitrogen and oxygen atoms in total. The van der Waals surface area contributed by atoms with Crippen LogP contribution in [0.3, 0.4) is 0 Å². The molecule has 1 aromatic rings. The molecule has 17 heavy (non-hydrogen) atoms. The van der Waals surface area contributed by atoms with E-state index in [9.17, 15) is 4.79 Å². The van der Waals surface area contributed by atoms with Gasteiger partial charge in [0.15, 0.2) is 5.69 Å². The lowest BCUT2D eigenvalue weighted by Crippen LogP contribution is -2.29. The Morgan fingerprint density at radius 1 is 1.59 bits per heavy atom. The van der Waals surface area contributed by atoms with E-state index >= 15 is 0 Å². The molecular weight excluding hydrogens is 216 g/mol. The Bertz CT molecular complexity index is 412. The van der Waals surface area contributed by atoms with Crippen LogP contribution in [-0.4, -0.2) is 40.2 Å². The summed E-state index contributed by atoms with van der Waals surface area (Å²) in [5, 5.41) is 7.76. The highest BCUT2D eigenvalue weighted by molar-refractivity contribution is 5.92. The predicted molar refractivity (Wildman–Crippen MR) is 63.7 cm³/mol. The number of aromatic nitrogens is 2. The number of carbonyl (C=O) groups excluding carboxylic acids is 1. The minimum absolute atomic E-state index is 0.0630. The Kier molecular flexibility index (Phi) is 2.63. The summed E-state index contributed by atoms with van der Waals surface area (Å²) in [6, 6.07) is 2.38. The van der Waals surface area contributed by atoms with Crippen LogP contribution in [0.5, 0.6) is 0 Å². The fourth-order valence-electron chi connectivity index (χ4n) is 2.27. The average Bonchev–Trinajstić information content (AvgIpc) is 3.13. The molecule has 0 unspecified atom stereocenters. The summed E-state index contributed by atoms with van der Waals surface area (Å²) in [7, 11) is 1.88. The molecule has 0 atom stereocenters. The molecule has 1 amide bonds. The highest BCUT2D eigenvalue weighted by Crippen LogP contribution is 2.26. The second-order valence-electron chi connectivity index (χ2n) is 4.92. The van der Waals surface area contributed by atoms with Crippen LogP contribution in [-0.2, 0) is 13.1 Å². The van der Waals surface area contributed by atoms with Crippen molar-refractivity contribution in [1.82, 2.24) is 20.0 Å². The first-order valence-corrected chi connectivity index (χ1v) is 6.30. The maximum absolute atomic E-state index is 12.2. The molecule has 1 saturated carbocycles. The molecule has 2 aliphatic rings. The molecule has 1 N–H and O–H groups in total. The molecule has 0 radical (unpaired) electrons. The molecule has 1 aromatic heterocycles. The maximum atomic E-state index is 12.2. The van der Waals surface area contributed by atoms with Gasteiger partial charge >= 0.3 is 0 Å². The number of nitrogens with one attached hydrogen (secondary N) is 1. The van der Waals surface area contributed by atoms with Gasteiger partial charge in [-0.2, -0.15) is 5.10 Å². The van der Waals surface area contributed by atoms with Crippen molar-refractivity contribution in [2.24, 2.45) is 0 Å². The molecule has 0 spiro atoms. The van der Waals surface area contributed by atoms with Gasteiger partial charge in [0, 0.05) is 26.2 Å². The van der Waals surface area contributed by atoms with E-state index in [1.165, 1.54) is 0 Å². The number of carbonyl (C=O) groups is 1. The highest BCUT2D eigenvalue weighted by atomic mass is 16.2. The first-order valence-electron chi connectivity index (χ1n) is 6.30. The van der Waals surface area contributed by atoms with Crippen molar-refractivity contribution in [3.8, 4) is 0 Å². The van der Waals surface area contributed by atoms with Crippen LogP contribution in [0, 0.1) is 0 Å². The zero-order valence-corrected chi connectivity index (χ0v) is 10.1. The van der Waals surface area contributed by atoms with E-state index in [4.69, 9.17) is 0 Å². The summed E-state index contributed by atoms with van der Waals surface area (Å²) in [6.45, 7) is 2.74. The lowest BCUT2D eigenvalue weighted by atomic mass is 10.3. The van der Waals surface area contributed by atoms with Crippen LogP contribution in [0.1, 0.15) is 35.4 Å². The summed E-state index contributed by atoms with van der Waals surface area (Å²) in [4.78, 5) is 14.0. The largest absolute Gasteiger partial charge is 0.337 e. The molecule has 0 saturated heterocycles. The molecule has 92 valence electrons. The van der Waals surface area contributed by atoms with Crippen LogP contribution < -0.4 is 5.32 Å². The van der Waals surface area contributed by atoms with E-state index in [0.717, 1.165) is 44.6 Å². The van der Waals surface area contributed by atoms with Crippen LogP contribution in [0.25, 0.3) is 0 Å². The van der Waals surface area contributed by atoms with Gasteiger partial charge in [-0.15, -0.1) is 0 Å². The van der Waals surface area contributed by atoms with E-state index in [0.29, 0.717) is 11.7 Å². The van der Waals surface area contributed by atoms with Crippen molar-refractivity contribution in [2.75, 3.05) is 13.6 Å². The van der Waals surface area contributed by atoms with Crippen molar-refractivity contribution in [3.63, 3.8) is 0 Å². The summed E-state index contributed by atoms with van der Waals surface area (Å²) >= 11 is 0. The monoisotopic (exact) mass is 234 g/mol. The first-order chi connectivity index (χ1) is 8.25. The standard InChI is InChI=1S/C12H18N4O/c1-15(9-3-4-9)12(17)11-7-10-8-13-5-2-6-16(10)14-11/h7,9,13H,2-6,8H2,1H3. The van der Waals surface area contributed by atoms with Gasteiger partial charge in [0.25, 0.3) is 5.91 Å². The van der Waals surface area contributed by atoms with Crippen molar-refractivity contribution in [3.05, 3.63) is 17.5 Å². The lowest BCUT2D eigenvalue weighted by molar-refractivity contribution is 0.0778. The third kappa shape index (κ3) is 2.07. The van der Waals surface area contributed by atoms with Gasteiger partial charge < -0.3 is 10.2 Å². The van der Waals surface area contributed by atoms with Crippen molar-refractivity contribution in [1.29, 1.82) is 0 Å². The number of hydrogen-bond donors (Lipinski definition) is 1. The van der Waals surface area contributed by atoms with Gasteiger partial charge in [-0.3, -0.25) is 9.48 Å². The summed E-state index contributed by atoms with van der Waals surface area (Å²) in [5.41, 5.74) is 1.72. The molecule has 3 rings (SSSR count). The zero-order chi connectivity index (χ0) is 11.8. The summed E-state index contributed by atoms with van der Waals surface area (Å²) in [6.07, 6.45) is 3.34. The summed E-state index contributed by atoms with van der Waals surface area (Å²) < 4.78 is 1.97. The average molecular weight is 234 g/mol. The first kappa shape index (κ1) is 10.8. The Morgan fingerprint density at radius 3 is 3.18 bits per heavy atom. The van der Waals surface area contributed by atoms with E-state index in [-0.39, 0.29) is 5.91 Å².